The lowest BCUT2D eigenvalue weighted by Crippen LogP contribution is -2.30. The van der Waals surface area contributed by atoms with Crippen LogP contribution < -0.4 is 5.73 Å². The second-order valence-corrected chi connectivity index (χ2v) is 7.96. The zero-order valence-corrected chi connectivity index (χ0v) is 17.3. The van der Waals surface area contributed by atoms with E-state index in [1.54, 1.807) is 32.2 Å². The number of aromatic amines is 1. The van der Waals surface area contributed by atoms with Crippen LogP contribution in [0.4, 0.5) is 10.2 Å². The average molecular weight is 447 g/mol. The van der Waals surface area contributed by atoms with Crippen molar-refractivity contribution in [1.82, 2.24) is 14.9 Å². The van der Waals surface area contributed by atoms with Gasteiger partial charge in [0.2, 0.25) is 0 Å². The largest absolute Gasteiger partial charge is 0.383 e. The van der Waals surface area contributed by atoms with Crippen LogP contribution in [0.15, 0.2) is 28.7 Å². The van der Waals surface area contributed by atoms with Crippen molar-refractivity contribution in [2.24, 2.45) is 0 Å². The highest BCUT2D eigenvalue weighted by Gasteiger charge is 2.28. The standard InChI is InChI=1S/C20H20BrFN4O2/c1-9(12-5-4-11(21)6-14(12)22)26(3)20(27)16-7-15-18(24-16)13-8-28-10(2)17(13)19(23)25-15/h4-7,9-10,24H,8H2,1-3H3,(H2,23,25)/t9-,10+/m0/s1. The van der Waals surface area contributed by atoms with E-state index in [0.717, 1.165) is 16.6 Å². The minimum Gasteiger partial charge on any atom is -0.383 e. The van der Waals surface area contributed by atoms with Gasteiger partial charge in [0.15, 0.2) is 0 Å². The highest BCUT2D eigenvalue weighted by atomic mass is 79.9. The number of nitrogens with one attached hydrogen (secondary N) is 1. The number of nitrogens with zero attached hydrogens (tertiary/aromatic N) is 2. The Labute approximate surface area is 170 Å². The van der Waals surface area contributed by atoms with E-state index in [-0.39, 0.29) is 17.8 Å². The van der Waals surface area contributed by atoms with Crippen molar-refractivity contribution in [2.75, 3.05) is 12.8 Å². The van der Waals surface area contributed by atoms with Gasteiger partial charge in [-0.05, 0) is 32.0 Å². The van der Waals surface area contributed by atoms with E-state index in [9.17, 15) is 9.18 Å². The third kappa shape index (κ3) is 2.97. The number of nitrogens with two attached hydrogens (primary N) is 1. The van der Waals surface area contributed by atoms with Gasteiger partial charge in [-0.15, -0.1) is 0 Å². The molecule has 6 nitrogen and oxygen atoms in total. The topological polar surface area (TPSA) is 84.2 Å². The summed E-state index contributed by atoms with van der Waals surface area (Å²) in [6.45, 7) is 4.13. The third-order valence-electron chi connectivity index (χ3n) is 5.37. The molecule has 0 bridgehead atoms. The van der Waals surface area contributed by atoms with Gasteiger partial charge >= 0.3 is 0 Å². The molecule has 3 aromatic rings. The first-order chi connectivity index (χ1) is 13.3. The maximum Gasteiger partial charge on any atom is 0.270 e. The summed E-state index contributed by atoms with van der Waals surface area (Å²) in [6.07, 6.45) is -0.127. The highest BCUT2D eigenvalue weighted by Crippen LogP contribution is 2.38. The molecular formula is C20H20BrFN4O2. The molecule has 1 aromatic carbocycles. The van der Waals surface area contributed by atoms with Crippen LogP contribution in [0.25, 0.3) is 11.0 Å². The van der Waals surface area contributed by atoms with E-state index >= 15 is 0 Å². The molecule has 0 aliphatic carbocycles. The lowest BCUT2D eigenvalue weighted by Gasteiger charge is -2.25. The molecule has 146 valence electrons. The van der Waals surface area contributed by atoms with Gasteiger partial charge in [-0.25, -0.2) is 9.37 Å². The summed E-state index contributed by atoms with van der Waals surface area (Å²) in [4.78, 5) is 22.1. The van der Waals surface area contributed by atoms with Crippen LogP contribution in [0.3, 0.4) is 0 Å². The van der Waals surface area contributed by atoms with E-state index in [4.69, 9.17) is 10.5 Å². The second-order valence-electron chi connectivity index (χ2n) is 7.04. The number of amides is 1. The predicted molar refractivity (Wildman–Crippen MR) is 108 cm³/mol. The molecule has 2 atom stereocenters. The lowest BCUT2D eigenvalue weighted by molar-refractivity contribution is 0.0735. The van der Waals surface area contributed by atoms with Gasteiger partial charge in [0.1, 0.15) is 17.3 Å². The summed E-state index contributed by atoms with van der Waals surface area (Å²) >= 11 is 3.25. The number of carbonyl (C=O) groups is 1. The molecule has 1 aliphatic rings. The molecule has 4 rings (SSSR count). The van der Waals surface area contributed by atoms with Crippen LogP contribution in [0, 0.1) is 5.82 Å². The fourth-order valence-corrected chi connectivity index (χ4v) is 4.00. The Morgan fingerprint density at radius 2 is 2.21 bits per heavy atom. The van der Waals surface area contributed by atoms with Gasteiger partial charge in [-0.3, -0.25) is 4.79 Å². The second kappa shape index (κ2) is 6.86. The molecule has 0 spiro atoms. The van der Waals surface area contributed by atoms with E-state index in [1.165, 1.54) is 11.0 Å². The number of hydrogen-bond donors (Lipinski definition) is 2. The fourth-order valence-electron chi connectivity index (χ4n) is 3.67. The smallest absolute Gasteiger partial charge is 0.270 e. The van der Waals surface area contributed by atoms with Gasteiger partial charge in [0.25, 0.3) is 5.91 Å². The summed E-state index contributed by atoms with van der Waals surface area (Å²) in [6, 6.07) is 6.06. The van der Waals surface area contributed by atoms with Crippen molar-refractivity contribution in [1.29, 1.82) is 0 Å². The normalized spacial score (nSPS) is 17.0. The predicted octanol–water partition coefficient (Wildman–Crippen LogP) is 4.47. The Balaban J connectivity index is 1.69. The first kappa shape index (κ1) is 18.9. The number of H-pyrrole nitrogens is 1. The van der Waals surface area contributed by atoms with Crippen LogP contribution in [-0.4, -0.2) is 27.8 Å². The number of aromatic nitrogens is 2. The van der Waals surface area contributed by atoms with Crippen molar-refractivity contribution >= 4 is 38.7 Å². The third-order valence-corrected chi connectivity index (χ3v) is 5.86. The molecule has 1 aliphatic heterocycles. The number of hydrogen-bond acceptors (Lipinski definition) is 4. The average Bonchev–Trinajstić information content (AvgIpc) is 3.24. The van der Waals surface area contributed by atoms with Crippen molar-refractivity contribution in [3.05, 3.63) is 56.9 Å². The number of ether oxygens (including phenoxy) is 1. The number of benzene rings is 1. The van der Waals surface area contributed by atoms with E-state index in [0.29, 0.717) is 33.7 Å². The lowest BCUT2D eigenvalue weighted by atomic mass is 10.1. The van der Waals surface area contributed by atoms with Crippen molar-refractivity contribution in [3.8, 4) is 0 Å². The van der Waals surface area contributed by atoms with Crippen molar-refractivity contribution in [2.45, 2.75) is 32.6 Å². The monoisotopic (exact) mass is 446 g/mol. The molecule has 0 radical (unpaired) electrons. The molecule has 0 saturated carbocycles. The zero-order chi connectivity index (χ0) is 20.2. The highest BCUT2D eigenvalue weighted by molar-refractivity contribution is 9.10. The number of halogens is 2. The first-order valence-electron chi connectivity index (χ1n) is 8.92. The van der Waals surface area contributed by atoms with Gasteiger partial charge in [0.05, 0.1) is 29.8 Å². The van der Waals surface area contributed by atoms with Crippen LogP contribution in [0.1, 0.15) is 53.2 Å². The fraction of sp³-hybridized carbons (Fsp3) is 0.300. The number of fused-ring (bicyclic) bond motifs is 3. The molecular weight excluding hydrogens is 427 g/mol. The van der Waals surface area contributed by atoms with Gasteiger partial charge in [-0.1, -0.05) is 22.0 Å². The Hall–Kier alpha value is -2.45. The number of rotatable bonds is 3. The molecule has 3 heterocycles. The quantitative estimate of drug-likeness (QED) is 0.621. The van der Waals surface area contributed by atoms with Gasteiger partial charge < -0.3 is 20.4 Å². The summed E-state index contributed by atoms with van der Waals surface area (Å²) in [5.74, 6) is -0.201. The maximum atomic E-state index is 14.3. The van der Waals surface area contributed by atoms with Crippen molar-refractivity contribution in [3.63, 3.8) is 0 Å². The molecule has 8 heteroatoms. The Kier molecular flexibility index (Phi) is 4.63. The Morgan fingerprint density at radius 3 is 2.93 bits per heavy atom. The Bertz CT molecular complexity index is 1100. The van der Waals surface area contributed by atoms with Gasteiger partial charge in [-0.2, -0.15) is 0 Å². The summed E-state index contributed by atoms with van der Waals surface area (Å²) in [5.41, 5.74) is 10.1. The molecule has 1 amide bonds. The first-order valence-corrected chi connectivity index (χ1v) is 9.72. The van der Waals surface area contributed by atoms with E-state index < -0.39 is 6.04 Å². The zero-order valence-electron chi connectivity index (χ0n) is 15.7. The molecule has 3 N–H and O–H groups in total. The molecule has 2 aromatic heterocycles. The van der Waals surface area contributed by atoms with E-state index in [2.05, 4.69) is 25.9 Å². The molecule has 0 saturated heterocycles. The minimum atomic E-state index is -0.445. The maximum absolute atomic E-state index is 14.3. The Morgan fingerprint density at radius 1 is 1.46 bits per heavy atom. The van der Waals surface area contributed by atoms with Crippen LogP contribution in [0.2, 0.25) is 0 Å². The van der Waals surface area contributed by atoms with Crippen LogP contribution in [-0.2, 0) is 11.3 Å². The minimum absolute atomic E-state index is 0.127. The SMILES string of the molecule is C[C@H]1OCc2c1c(N)nc1cc(C(=O)N(C)[C@@H](C)c3ccc(Br)cc3F)[nH]c21. The summed E-state index contributed by atoms with van der Waals surface area (Å²) in [5, 5.41) is 0. The molecule has 0 fully saturated rings. The number of pyridine rings is 1. The summed E-state index contributed by atoms with van der Waals surface area (Å²) < 4.78 is 20.6. The van der Waals surface area contributed by atoms with Crippen LogP contribution >= 0.6 is 15.9 Å². The summed E-state index contributed by atoms with van der Waals surface area (Å²) in [7, 11) is 1.65. The number of anilines is 1. The van der Waals surface area contributed by atoms with Crippen molar-refractivity contribution < 1.29 is 13.9 Å². The molecule has 28 heavy (non-hydrogen) atoms. The number of nitrogen functional groups attached to an aromatic ring is 1. The number of carbonyl (C=O) groups excluding carboxylic acids is 1. The van der Waals surface area contributed by atoms with Crippen LogP contribution in [0.5, 0.6) is 0 Å². The molecule has 0 unspecified atom stereocenters. The van der Waals surface area contributed by atoms with Gasteiger partial charge in [0, 0.05) is 28.2 Å². The van der Waals surface area contributed by atoms with E-state index in [1.807, 2.05) is 6.92 Å².